The normalized spacial score (nSPS) is 13.7. The fourth-order valence-corrected chi connectivity index (χ4v) is 5.55. The van der Waals surface area contributed by atoms with Gasteiger partial charge in [-0.05, 0) is 51.1 Å². The lowest BCUT2D eigenvalue weighted by Gasteiger charge is -2.34. The van der Waals surface area contributed by atoms with Crippen LogP contribution in [0.2, 0.25) is 5.02 Å². The molecule has 0 unspecified atom stereocenters. The Bertz CT molecular complexity index is 1350. The van der Waals surface area contributed by atoms with Crippen molar-refractivity contribution in [3.05, 3.63) is 57.0 Å². The summed E-state index contributed by atoms with van der Waals surface area (Å²) in [5.41, 5.74) is 1.50. The summed E-state index contributed by atoms with van der Waals surface area (Å²) in [5.74, 6) is 0.0347. The number of fused-ring (bicyclic) bond motifs is 1. The molecule has 0 aliphatic carbocycles. The molecule has 11 heteroatoms. The number of hydrogen-bond donors (Lipinski definition) is 1. The number of rotatable bonds is 7. The van der Waals surface area contributed by atoms with E-state index in [9.17, 15) is 14.7 Å². The lowest BCUT2D eigenvalue weighted by atomic mass is 9.88. The lowest BCUT2D eigenvalue weighted by Crippen LogP contribution is -2.49. The van der Waals surface area contributed by atoms with E-state index >= 15 is 0 Å². The number of aliphatic hydroxyl groups excluding tert-OH is 1. The molecule has 1 fully saturated rings. The van der Waals surface area contributed by atoms with Gasteiger partial charge in [0.05, 0.1) is 43.5 Å². The topological polar surface area (TPSA) is 88.5 Å². The average Bonchev–Trinajstić information content (AvgIpc) is 2.91. The Hall–Kier alpha value is -2.56. The van der Waals surface area contributed by atoms with Crippen LogP contribution >= 0.6 is 39.9 Å². The molecule has 0 aromatic heterocycles. The average molecular weight is 628 g/mol. The number of carbonyl (C=O) groups excluding carboxylic acids is 2. The van der Waals surface area contributed by atoms with Gasteiger partial charge in [0.1, 0.15) is 0 Å². The van der Waals surface area contributed by atoms with Gasteiger partial charge in [-0.3, -0.25) is 9.69 Å². The Balaban J connectivity index is 0.00000400. The van der Waals surface area contributed by atoms with Gasteiger partial charge in [0.25, 0.3) is 5.91 Å². The van der Waals surface area contributed by atoms with Gasteiger partial charge in [0, 0.05) is 48.7 Å². The molecule has 0 saturated carbocycles. The van der Waals surface area contributed by atoms with Crippen LogP contribution in [0.1, 0.15) is 20.7 Å². The van der Waals surface area contributed by atoms with E-state index in [-0.39, 0.29) is 36.0 Å². The number of esters is 1. The number of piperazine rings is 1. The Morgan fingerprint density at radius 3 is 2.34 bits per heavy atom. The highest BCUT2D eigenvalue weighted by Gasteiger charge is 2.30. The molecule has 0 spiro atoms. The molecule has 1 aliphatic rings. The van der Waals surface area contributed by atoms with Crippen LogP contribution in [0.15, 0.2) is 40.9 Å². The van der Waals surface area contributed by atoms with E-state index in [0.717, 1.165) is 0 Å². The van der Waals surface area contributed by atoms with Crippen molar-refractivity contribution in [2.45, 2.75) is 0 Å². The number of hydrogen-bond acceptors (Lipinski definition) is 7. The largest absolute Gasteiger partial charge is 0.493 e. The first kappa shape index (κ1) is 30.0. The smallest absolute Gasteiger partial charge is 0.339 e. The van der Waals surface area contributed by atoms with Gasteiger partial charge in [0.15, 0.2) is 11.5 Å². The standard InChI is InChI=1S/C27H28BrClN2O6.ClH/c1-35-22-14-16(13-20(28)25(22)36-2)23-17-5-4-6-21(29)18(17)15-19(24(23)27(34)37-3)26(33)31-9-7-30(8-10-31)11-12-32;/h4-6,13-15,32H,7-12H2,1-3H3;1H. The SMILES string of the molecule is COC(=O)c1c(C(=O)N2CCN(CCO)CC2)cc2c(Cl)cccc2c1-c1cc(Br)c(OC)c(OC)c1.Cl. The molecule has 38 heavy (non-hydrogen) atoms. The second kappa shape index (κ2) is 13.0. The number of aliphatic hydroxyl groups is 1. The quantitative estimate of drug-likeness (QED) is 0.373. The summed E-state index contributed by atoms with van der Waals surface area (Å²) in [6.07, 6.45) is 0. The van der Waals surface area contributed by atoms with Gasteiger partial charge in [-0.2, -0.15) is 0 Å². The van der Waals surface area contributed by atoms with E-state index in [1.807, 2.05) is 12.1 Å². The molecule has 3 aromatic carbocycles. The minimum absolute atomic E-state index is 0. The summed E-state index contributed by atoms with van der Waals surface area (Å²) < 4.78 is 16.8. The van der Waals surface area contributed by atoms with E-state index in [1.54, 1.807) is 29.2 Å². The van der Waals surface area contributed by atoms with Gasteiger partial charge in [-0.25, -0.2) is 4.79 Å². The van der Waals surface area contributed by atoms with Crippen molar-refractivity contribution in [3.8, 4) is 22.6 Å². The molecule has 8 nitrogen and oxygen atoms in total. The second-order valence-corrected chi connectivity index (χ2v) is 9.81. The summed E-state index contributed by atoms with van der Waals surface area (Å²) in [5, 5.41) is 11.0. The maximum Gasteiger partial charge on any atom is 0.339 e. The van der Waals surface area contributed by atoms with Crippen molar-refractivity contribution in [1.29, 1.82) is 0 Å². The van der Waals surface area contributed by atoms with Gasteiger partial charge >= 0.3 is 5.97 Å². The third-order valence-electron chi connectivity index (χ3n) is 6.55. The first-order chi connectivity index (χ1) is 17.8. The number of halogens is 3. The summed E-state index contributed by atoms with van der Waals surface area (Å²) in [6.45, 7) is 2.81. The molecular weight excluding hydrogens is 599 g/mol. The highest BCUT2D eigenvalue weighted by Crippen LogP contribution is 2.44. The molecular formula is C27H29BrCl2N2O6. The summed E-state index contributed by atoms with van der Waals surface area (Å²) in [7, 11) is 4.36. The lowest BCUT2D eigenvalue weighted by molar-refractivity contribution is 0.0567. The van der Waals surface area contributed by atoms with Crippen LogP contribution in [0.5, 0.6) is 11.5 Å². The molecule has 1 aliphatic heterocycles. The van der Waals surface area contributed by atoms with Crippen molar-refractivity contribution < 1.29 is 28.9 Å². The number of methoxy groups -OCH3 is 3. The van der Waals surface area contributed by atoms with Gasteiger partial charge in [-0.1, -0.05) is 23.7 Å². The molecule has 0 atom stereocenters. The summed E-state index contributed by atoms with van der Waals surface area (Å²) in [4.78, 5) is 31.0. The Labute approximate surface area is 240 Å². The van der Waals surface area contributed by atoms with Crippen LogP contribution in [-0.4, -0.2) is 87.4 Å². The van der Waals surface area contributed by atoms with Crippen molar-refractivity contribution in [2.24, 2.45) is 0 Å². The number of β-amino-alcohol motifs (C(OH)–C–C–N with tert-alkyl or cyclic N) is 1. The maximum absolute atomic E-state index is 13.9. The maximum atomic E-state index is 13.9. The minimum atomic E-state index is -0.634. The Morgan fingerprint density at radius 1 is 1.03 bits per heavy atom. The third kappa shape index (κ3) is 5.72. The molecule has 1 saturated heterocycles. The number of amides is 1. The van der Waals surface area contributed by atoms with Crippen LogP contribution in [0.3, 0.4) is 0 Å². The zero-order valence-electron chi connectivity index (χ0n) is 21.3. The fourth-order valence-electron chi connectivity index (χ4n) is 4.72. The van der Waals surface area contributed by atoms with Crippen molar-refractivity contribution in [3.63, 3.8) is 0 Å². The Morgan fingerprint density at radius 2 is 1.74 bits per heavy atom. The van der Waals surface area contributed by atoms with Crippen LogP contribution in [0, 0.1) is 0 Å². The number of nitrogens with zero attached hydrogens (tertiary/aromatic N) is 2. The van der Waals surface area contributed by atoms with Gasteiger partial charge in [0.2, 0.25) is 0 Å². The van der Waals surface area contributed by atoms with Crippen LogP contribution in [0.25, 0.3) is 21.9 Å². The number of ether oxygens (including phenoxy) is 3. The fraction of sp³-hybridized carbons (Fsp3) is 0.333. The van der Waals surface area contributed by atoms with Crippen molar-refractivity contribution >= 4 is 62.6 Å². The second-order valence-electron chi connectivity index (χ2n) is 8.55. The van der Waals surface area contributed by atoms with Gasteiger partial charge < -0.3 is 24.2 Å². The van der Waals surface area contributed by atoms with E-state index < -0.39 is 5.97 Å². The molecule has 4 rings (SSSR count). The van der Waals surface area contributed by atoms with Crippen LogP contribution in [0.4, 0.5) is 0 Å². The first-order valence-corrected chi connectivity index (χ1v) is 12.9. The molecule has 1 amide bonds. The van der Waals surface area contributed by atoms with Crippen molar-refractivity contribution in [1.82, 2.24) is 9.80 Å². The highest BCUT2D eigenvalue weighted by atomic mass is 79.9. The zero-order chi connectivity index (χ0) is 26.7. The molecule has 0 bridgehead atoms. The van der Waals surface area contributed by atoms with Crippen molar-refractivity contribution in [2.75, 3.05) is 60.7 Å². The van der Waals surface area contributed by atoms with E-state index in [2.05, 4.69) is 20.8 Å². The van der Waals surface area contributed by atoms with E-state index in [0.29, 0.717) is 75.6 Å². The Kier molecular flexibility index (Phi) is 10.3. The van der Waals surface area contributed by atoms with E-state index in [1.165, 1.54) is 21.3 Å². The highest BCUT2D eigenvalue weighted by molar-refractivity contribution is 9.10. The predicted octanol–water partition coefficient (Wildman–Crippen LogP) is 4.90. The summed E-state index contributed by atoms with van der Waals surface area (Å²) >= 11 is 10.1. The third-order valence-corrected chi connectivity index (χ3v) is 7.47. The zero-order valence-corrected chi connectivity index (χ0v) is 24.4. The minimum Gasteiger partial charge on any atom is -0.493 e. The molecule has 204 valence electrons. The molecule has 1 heterocycles. The molecule has 0 radical (unpaired) electrons. The monoisotopic (exact) mass is 626 g/mol. The number of carbonyl (C=O) groups is 2. The molecule has 3 aromatic rings. The molecule has 1 N–H and O–H groups in total. The van der Waals surface area contributed by atoms with E-state index in [4.69, 9.17) is 25.8 Å². The van der Waals surface area contributed by atoms with Crippen LogP contribution < -0.4 is 9.47 Å². The van der Waals surface area contributed by atoms with Crippen LogP contribution in [-0.2, 0) is 4.74 Å². The number of benzene rings is 3. The predicted molar refractivity (Wildman–Crippen MR) is 153 cm³/mol. The summed E-state index contributed by atoms with van der Waals surface area (Å²) in [6, 6.07) is 10.6. The first-order valence-electron chi connectivity index (χ1n) is 11.7. The van der Waals surface area contributed by atoms with Gasteiger partial charge in [-0.15, -0.1) is 12.4 Å².